The van der Waals surface area contributed by atoms with Gasteiger partial charge in [0.05, 0.1) is 13.7 Å². The maximum Gasteiger partial charge on any atom is 0.236 e. The second-order valence-electron chi connectivity index (χ2n) is 5.62. The van der Waals surface area contributed by atoms with Crippen molar-refractivity contribution >= 4 is 5.91 Å². The molecular weight excluding hydrogens is 266 g/mol. The van der Waals surface area contributed by atoms with Crippen LogP contribution in [0.2, 0.25) is 0 Å². The van der Waals surface area contributed by atoms with Gasteiger partial charge in [-0.05, 0) is 24.6 Å². The number of amides is 1. The van der Waals surface area contributed by atoms with Crippen molar-refractivity contribution in [2.75, 3.05) is 40.3 Å². The minimum absolute atomic E-state index is 0.166. The Labute approximate surface area is 126 Å². The first-order valence-corrected chi connectivity index (χ1v) is 7.42. The molecule has 1 heterocycles. The Bertz CT molecular complexity index is 461. The van der Waals surface area contributed by atoms with E-state index in [0.717, 1.165) is 30.9 Å². The van der Waals surface area contributed by atoms with Crippen molar-refractivity contribution in [2.24, 2.45) is 0 Å². The number of carbonyl (C=O) groups excluding carboxylic acids is 1. The highest BCUT2D eigenvalue weighted by molar-refractivity contribution is 5.78. The molecule has 0 saturated carbocycles. The summed E-state index contributed by atoms with van der Waals surface area (Å²) >= 11 is 0. The highest BCUT2D eigenvalue weighted by atomic mass is 16.5. The minimum Gasteiger partial charge on any atom is -0.497 e. The molecule has 1 fully saturated rings. The molecule has 5 nitrogen and oxygen atoms in total. The number of benzene rings is 1. The molecular formula is C16H25N3O2. The second kappa shape index (κ2) is 7.43. The molecule has 1 aliphatic rings. The molecule has 0 unspecified atom stereocenters. The maximum atomic E-state index is 12.3. The van der Waals surface area contributed by atoms with E-state index in [1.54, 1.807) is 12.0 Å². The average molecular weight is 291 g/mol. The number of piperazine rings is 1. The van der Waals surface area contributed by atoms with Crippen LogP contribution < -0.4 is 10.1 Å². The number of methoxy groups -OCH3 is 1. The van der Waals surface area contributed by atoms with Crippen molar-refractivity contribution in [3.63, 3.8) is 0 Å². The van der Waals surface area contributed by atoms with Gasteiger partial charge in [-0.15, -0.1) is 0 Å². The van der Waals surface area contributed by atoms with Gasteiger partial charge >= 0.3 is 0 Å². The Morgan fingerprint density at radius 1 is 1.43 bits per heavy atom. The van der Waals surface area contributed by atoms with Crippen LogP contribution in [-0.2, 0) is 11.3 Å². The zero-order valence-corrected chi connectivity index (χ0v) is 13.1. The molecule has 0 aromatic heterocycles. The Morgan fingerprint density at radius 2 is 2.14 bits per heavy atom. The lowest BCUT2D eigenvalue weighted by Gasteiger charge is -2.34. The lowest BCUT2D eigenvalue weighted by atomic mass is 10.2. The van der Waals surface area contributed by atoms with Gasteiger partial charge in [0.2, 0.25) is 5.91 Å². The quantitative estimate of drug-likeness (QED) is 0.877. The van der Waals surface area contributed by atoms with Crippen LogP contribution in [0.4, 0.5) is 0 Å². The summed E-state index contributed by atoms with van der Waals surface area (Å²) in [5, 5.41) is 3.34. The van der Waals surface area contributed by atoms with E-state index >= 15 is 0 Å². The predicted octanol–water partition coefficient (Wildman–Crippen LogP) is 0.947. The van der Waals surface area contributed by atoms with E-state index in [4.69, 9.17) is 4.74 Å². The summed E-state index contributed by atoms with van der Waals surface area (Å²) in [6.07, 6.45) is 0. The largest absolute Gasteiger partial charge is 0.497 e. The number of nitrogens with zero attached hydrogens (tertiary/aromatic N) is 2. The number of rotatable bonds is 5. The number of hydrogen-bond donors (Lipinski definition) is 1. The summed E-state index contributed by atoms with van der Waals surface area (Å²) < 4.78 is 5.14. The number of hydrogen-bond acceptors (Lipinski definition) is 4. The standard InChI is InChI=1S/C16H25N3O2/c1-13-10-17-8-9-19(13)12-16(20)18(2)11-14-4-6-15(21-3)7-5-14/h4-7,13,17H,8-12H2,1-3H3/t13-/m0/s1. The van der Waals surface area contributed by atoms with E-state index < -0.39 is 0 Å². The smallest absolute Gasteiger partial charge is 0.236 e. The van der Waals surface area contributed by atoms with Gasteiger partial charge in [-0.1, -0.05) is 12.1 Å². The molecule has 1 N–H and O–H groups in total. The lowest BCUT2D eigenvalue weighted by molar-refractivity contribution is -0.132. The van der Waals surface area contributed by atoms with Gasteiger partial charge in [-0.2, -0.15) is 0 Å². The number of likely N-dealkylation sites (N-methyl/N-ethyl adjacent to an activating group) is 1. The van der Waals surface area contributed by atoms with Gasteiger partial charge in [0.15, 0.2) is 0 Å². The first-order chi connectivity index (χ1) is 10.1. The number of ether oxygens (including phenoxy) is 1. The second-order valence-corrected chi connectivity index (χ2v) is 5.62. The first-order valence-electron chi connectivity index (χ1n) is 7.42. The van der Waals surface area contributed by atoms with Gasteiger partial charge in [0.1, 0.15) is 5.75 Å². The summed E-state index contributed by atoms with van der Waals surface area (Å²) in [5.41, 5.74) is 1.11. The zero-order valence-electron chi connectivity index (χ0n) is 13.1. The van der Waals surface area contributed by atoms with E-state index in [1.807, 2.05) is 31.3 Å². The number of nitrogens with one attached hydrogen (secondary N) is 1. The molecule has 1 saturated heterocycles. The average Bonchev–Trinajstić information content (AvgIpc) is 2.50. The summed E-state index contributed by atoms with van der Waals surface area (Å²) in [7, 11) is 3.51. The van der Waals surface area contributed by atoms with Crippen LogP contribution in [0.15, 0.2) is 24.3 Å². The fraction of sp³-hybridized carbons (Fsp3) is 0.562. The zero-order chi connectivity index (χ0) is 15.2. The maximum absolute atomic E-state index is 12.3. The molecule has 0 spiro atoms. The molecule has 2 rings (SSSR count). The molecule has 21 heavy (non-hydrogen) atoms. The van der Waals surface area contributed by atoms with Crippen LogP contribution in [-0.4, -0.2) is 62.1 Å². The van der Waals surface area contributed by atoms with Gasteiger partial charge in [-0.3, -0.25) is 9.69 Å². The molecule has 1 aliphatic heterocycles. The Hall–Kier alpha value is -1.59. The predicted molar refractivity (Wildman–Crippen MR) is 83.4 cm³/mol. The van der Waals surface area contributed by atoms with Crippen molar-refractivity contribution in [2.45, 2.75) is 19.5 Å². The lowest BCUT2D eigenvalue weighted by Crippen LogP contribution is -2.52. The third-order valence-electron chi connectivity index (χ3n) is 3.98. The van der Waals surface area contributed by atoms with Crippen molar-refractivity contribution in [3.05, 3.63) is 29.8 Å². The van der Waals surface area contributed by atoms with Gasteiger partial charge < -0.3 is 15.0 Å². The normalized spacial score (nSPS) is 19.3. The molecule has 1 aromatic rings. The van der Waals surface area contributed by atoms with Crippen molar-refractivity contribution in [1.29, 1.82) is 0 Å². The van der Waals surface area contributed by atoms with E-state index in [0.29, 0.717) is 19.1 Å². The third-order valence-corrected chi connectivity index (χ3v) is 3.98. The highest BCUT2D eigenvalue weighted by Crippen LogP contribution is 2.13. The van der Waals surface area contributed by atoms with Crippen molar-refractivity contribution in [3.8, 4) is 5.75 Å². The Balaban J connectivity index is 1.86. The van der Waals surface area contributed by atoms with E-state index in [1.165, 1.54) is 0 Å². The van der Waals surface area contributed by atoms with Gasteiger partial charge in [0.25, 0.3) is 0 Å². The van der Waals surface area contributed by atoms with Crippen LogP contribution in [0.5, 0.6) is 5.75 Å². The third kappa shape index (κ3) is 4.44. The van der Waals surface area contributed by atoms with Crippen molar-refractivity contribution in [1.82, 2.24) is 15.1 Å². The van der Waals surface area contributed by atoms with Crippen molar-refractivity contribution < 1.29 is 9.53 Å². The fourth-order valence-corrected chi connectivity index (χ4v) is 2.51. The van der Waals surface area contributed by atoms with Crippen LogP contribution in [0.3, 0.4) is 0 Å². The first kappa shape index (κ1) is 15.8. The van der Waals surface area contributed by atoms with Crippen LogP contribution in [0.25, 0.3) is 0 Å². The Kier molecular flexibility index (Phi) is 5.59. The summed E-state index contributed by atoms with van der Waals surface area (Å²) in [6.45, 7) is 6.13. The topological polar surface area (TPSA) is 44.8 Å². The molecule has 1 atom stereocenters. The molecule has 0 bridgehead atoms. The molecule has 0 radical (unpaired) electrons. The minimum atomic E-state index is 0.166. The Morgan fingerprint density at radius 3 is 2.76 bits per heavy atom. The summed E-state index contributed by atoms with van der Waals surface area (Å²) in [6, 6.07) is 8.25. The summed E-state index contributed by atoms with van der Waals surface area (Å²) in [4.78, 5) is 16.4. The van der Waals surface area contributed by atoms with Crippen LogP contribution in [0.1, 0.15) is 12.5 Å². The monoisotopic (exact) mass is 291 g/mol. The molecule has 0 aliphatic carbocycles. The SMILES string of the molecule is COc1ccc(CN(C)C(=O)CN2CCNC[C@@H]2C)cc1. The molecule has 5 heteroatoms. The number of carbonyl (C=O) groups is 1. The van der Waals surface area contributed by atoms with Crippen LogP contribution in [0, 0.1) is 0 Å². The molecule has 116 valence electrons. The van der Waals surface area contributed by atoms with E-state index in [2.05, 4.69) is 17.1 Å². The van der Waals surface area contributed by atoms with Gasteiger partial charge in [-0.25, -0.2) is 0 Å². The highest BCUT2D eigenvalue weighted by Gasteiger charge is 2.21. The molecule has 1 amide bonds. The fourth-order valence-electron chi connectivity index (χ4n) is 2.51. The van der Waals surface area contributed by atoms with Gasteiger partial charge in [0, 0.05) is 39.3 Å². The summed E-state index contributed by atoms with van der Waals surface area (Å²) in [5.74, 6) is 1.00. The van der Waals surface area contributed by atoms with E-state index in [-0.39, 0.29) is 5.91 Å². The molecule has 1 aromatic carbocycles. The van der Waals surface area contributed by atoms with Crippen LogP contribution >= 0.6 is 0 Å². The van der Waals surface area contributed by atoms with E-state index in [9.17, 15) is 4.79 Å².